The van der Waals surface area contributed by atoms with Gasteiger partial charge in [0.1, 0.15) is 12.4 Å². The Balaban J connectivity index is 1.35. The highest BCUT2D eigenvalue weighted by Gasteiger charge is 2.15. The van der Waals surface area contributed by atoms with Crippen LogP contribution in [0.15, 0.2) is 59.6 Å². The lowest BCUT2D eigenvalue weighted by atomic mass is 10.2. The minimum absolute atomic E-state index is 0.267. The predicted molar refractivity (Wildman–Crippen MR) is 115 cm³/mol. The highest BCUT2D eigenvalue weighted by molar-refractivity contribution is 5.79. The minimum Gasteiger partial charge on any atom is -0.489 e. The number of nitrogens with one attached hydrogen (secondary N) is 2. The number of ether oxygens (including phenoxy) is 3. The Hall–Kier alpha value is -2.57. The summed E-state index contributed by atoms with van der Waals surface area (Å²) < 4.78 is 17.0. The molecule has 6 heteroatoms. The fraction of sp³-hybridized carbons (Fsp3) is 0.435. The highest BCUT2D eigenvalue weighted by Crippen LogP contribution is 2.15. The van der Waals surface area contributed by atoms with Crippen LogP contribution in [0.2, 0.25) is 0 Å². The van der Waals surface area contributed by atoms with Crippen LogP contribution >= 0.6 is 0 Å². The van der Waals surface area contributed by atoms with Crippen molar-refractivity contribution in [3.63, 3.8) is 0 Å². The van der Waals surface area contributed by atoms with E-state index in [4.69, 9.17) is 14.2 Å². The van der Waals surface area contributed by atoms with Crippen molar-refractivity contribution >= 4 is 5.96 Å². The van der Waals surface area contributed by atoms with Crippen LogP contribution in [0.5, 0.6) is 5.75 Å². The van der Waals surface area contributed by atoms with Crippen LogP contribution in [0, 0.1) is 0 Å². The van der Waals surface area contributed by atoms with Crippen molar-refractivity contribution in [1.29, 1.82) is 0 Å². The van der Waals surface area contributed by atoms with Gasteiger partial charge in [0.25, 0.3) is 0 Å². The Bertz CT molecular complexity index is 746. The first kappa shape index (κ1) is 21.1. The van der Waals surface area contributed by atoms with Gasteiger partial charge in [-0.05, 0) is 36.1 Å². The molecule has 0 radical (unpaired) electrons. The summed E-state index contributed by atoms with van der Waals surface area (Å²) in [6, 6.07) is 18.3. The average Bonchev–Trinajstić information content (AvgIpc) is 3.29. The number of guanidine groups is 1. The Labute approximate surface area is 173 Å². The molecular formula is C23H31N3O3. The fourth-order valence-electron chi connectivity index (χ4n) is 3.07. The number of rotatable bonds is 10. The van der Waals surface area contributed by atoms with Crippen LogP contribution in [0.4, 0.5) is 0 Å². The van der Waals surface area contributed by atoms with E-state index >= 15 is 0 Å². The average molecular weight is 398 g/mol. The molecular weight excluding hydrogens is 366 g/mol. The second-order valence-corrected chi connectivity index (χ2v) is 6.98. The van der Waals surface area contributed by atoms with Gasteiger partial charge in [0.15, 0.2) is 5.96 Å². The zero-order valence-corrected chi connectivity index (χ0v) is 17.1. The summed E-state index contributed by atoms with van der Waals surface area (Å²) in [5.74, 6) is 1.65. The summed E-state index contributed by atoms with van der Waals surface area (Å²) in [6.45, 7) is 4.34. The lowest BCUT2D eigenvalue weighted by Gasteiger charge is -2.14. The zero-order valence-electron chi connectivity index (χ0n) is 17.1. The maximum atomic E-state index is 5.90. The Morgan fingerprint density at radius 2 is 1.97 bits per heavy atom. The molecule has 1 aliphatic rings. The number of nitrogens with zero attached hydrogens (tertiary/aromatic N) is 1. The van der Waals surface area contributed by atoms with Crippen molar-refractivity contribution in [2.75, 3.05) is 33.4 Å². The molecule has 1 fully saturated rings. The summed E-state index contributed by atoms with van der Waals surface area (Å²) >= 11 is 0. The maximum absolute atomic E-state index is 5.90. The number of hydrogen-bond acceptors (Lipinski definition) is 4. The van der Waals surface area contributed by atoms with Gasteiger partial charge in [0.2, 0.25) is 0 Å². The SMILES string of the molecule is CN=C(NCCCOC1CCOC1)NCc1cccc(OCc2ccccc2)c1. The molecule has 156 valence electrons. The van der Waals surface area contributed by atoms with E-state index in [1.165, 1.54) is 0 Å². The topological polar surface area (TPSA) is 64.1 Å². The standard InChI is InChI=1S/C23H31N3O3/c1-24-23(25-12-6-13-28-22-11-14-27-18-22)26-16-20-9-5-10-21(15-20)29-17-19-7-3-2-4-8-19/h2-5,7-10,15,22H,6,11-14,16-18H2,1H3,(H2,24,25,26). The molecule has 1 aliphatic heterocycles. The third-order valence-electron chi connectivity index (χ3n) is 4.69. The fourth-order valence-corrected chi connectivity index (χ4v) is 3.07. The molecule has 2 aromatic rings. The molecule has 2 aromatic carbocycles. The van der Waals surface area contributed by atoms with Crippen LogP contribution in [0.3, 0.4) is 0 Å². The first-order chi connectivity index (χ1) is 14.3. The molecule has 6 nitrogen and oxygen atoms in total. The van der Waals surface area contributed by atoms with Crippen molar-refractivity contribution in [3.05, 3.63) is 65.7 Å². The van der Waals surface area contributed by atoms with Crippen molar-refractivity contribution in [2.45, 2.75) is 32.1 Å². The number of aliphatic imine (C=N–C) groups is 1. The number of benzene rings is 2. The van der Waals surface area contributed by atoms with Crippen LogP contribution in [-0.4, -0.2) is 45.5 Å². The van der Waals surface area contributed by atoms with E-state index < -0.39 is 0 Å². The Morgan fingerprint density at radius 3 is 2.76 bits per heavy atom. The van der Waals surface area contributed by atoms with Gasteiger partial charge < -0.3 is 24.8 Å². The van der Waals surface area contributed by atoms with E-state index in [0.717, 1.165) is 62.0 Å². The number of hydrogen-bond donors (Lipinski definition) is 2. The zero-order chi connectivity index (χ0) is 20.2. The maximum Gasteiger partial charge on any atom is 0.191 e. The smallest absolute Gasteiger partial charge is 0.191 e. The van der Waals surface area contributed by atoms with E-state index in [9.17, 15) is 0 Å². The lowest BCUT2D eigenvalue weighted by Crippen LogP contribution is -2.37. The molecule has 2 N–H and O–H groups in total. The van der Waals surface area contributed by atoms with Crippen LogP contribution in [0.1, 0.15) is 24.0 Å². The van der Waals surface area contributed by atoms with Crippen LogP contribution < -0.4 is 15.4 Å². The van der Waals surface area contributed by atoms with Gasteiger partial charge >= 0.3 is 0 Å². The van der Waals surface area contributed by atoms with E-state index in [2.05, 4.69) is 39.9 Å². The highest BCUT2D eigenvalue weighted by atomic mass is 16.5. The van der Waals surface area contributed by atoms with E-state index in [-0.39, 0.29) is 6.10 Å². The summed E-state index contributed by atoms with van der Waals surface area (Å²) in [6.07, 6.45) is 2.20. The van der Waals surface area contributed by atoms with Crippen molar-refractivity contribution in [3.8, 4) is 5.75 Å². The Kier molecular flexibility index (Phi) is 8.82. The van der Waals surface area contributed by atoms with Crippen LogP contribution in [-0.2, 0) is 22.6 Å². The normalized spacial score (nSPS) is 16.6. The molecule has 0 bridgehead atoms. The quantitative estimate of drug-likeness (QED) is 0.366. The van der Waals surface area contributed by atoms with Gasteiger partial charge in [-0.25, -0.2) is 0 Å². The third kappa shape index (κ3) is 7.75. The molecule has 0 spiro atoms. The largest absolute Gasteiger partial charge is 0.489 e. The van der Waals surface area contributed by atoms with Gasteiger partial charge in [-0.2, -0.15) is 0 Å². The van der Waals surface area contributed by atoms with Crippen molar-refractivity contribution < 1.29 is 14.2 Å². The first-order valence-corrected chi connectivity index (χ1v) is 10.2. The van der Waals surface area contributed by atoms with E-state index in [1.54, 1.807) is 7.05 Å². The summed E-state index contributed by atoms with van der Waals surface area (Å²) in [4.78, 5) is 4.28. The van der Waals surface area contributed by atoms with Gasteiger partial charge in [0.05, 0.1) is 12.7 Å². The van der Waals surface area contributed by atoms with E-state index in [0.29, 0.717) is 13.2 Å². The lowest BCUT2D eigenvalue weighted by molar-refractivity contribution is 0.0420. The van der Waals surface area contributed by atoms with E-state index in [1.807, 2.05) is 30.3 Å². The summed E-state index contributed by atoms with van der Waals surface area (Å²) in [5.41, 5.74) is 2.30. The molecule has 0 amide bonds. The van der Waals surface area contributed by atoms with Crippen molar-refractivity contribution in [1.82, 2.24) is 10.6 Å². The molecule has 29 heavy (non-hydrogen) atoms. The van der Waals surface area contributed by atoms with Gasteiger partial charge in [-0.15, -0.1) is 0 Å². The summed E-state index contributed by atoms with van der Waals surface area (Å²) in [5, 5.41) is 6.66. The predicted octanol–water partition coefficient (Wildman–Crippen LogP) is 3.13. The second-order valence-electron chi connectivity index (χ2n) is 6.98. The molecule has 0 aromatic heterocycles. The van der Waals surface area contributed by atoms with Gasteiger partial charge in [0, 0.05) is 33.4 Å². The first-order valence-electron chi connectivity index (χ1n) is 10.2. The third-order valence-corrected chi connectivity index (χ3v) is 4.69. The Morgan fingerprint density at radius 1 is 1.10 bits per heavy atom. The monoisotopic (exact) mass is 397 g/mol. The molecule has 1 unspecified atom stereocenters. The second kappa shape index (κ2) is 12.1. The van der Waals surface area contributed by atoms with Crippen LogP contribution in [0.25, 0.3) is 0 Å². The molecule has 1 atom stereocenters. The minimum atomic E-state index is 0.267. The molecule has 1 heterocycles. The van der Waals surface area contributed by atoms with Crippen molar-refractivity contribution in [2.24, 2.45) is 4.99 Å². The molecule has 1 saturated heterocycles. The molecule has 3 rings (SSSR count). The van der Waals surface area contributed by atoms with Gasteiger partial charge in [-0.3, -0.25) is 4.99 Å². The molecule has 0 saturated carbocycles. The van der Waals surface area contributed by atoms with Gasteiger partial charge in [-0.1, -0.05) is 42.5 Å². The molecule has 0 aliphatic carbocycles. The summed E-state index contributed by atoms with van der Waals surface area (Å²) in [7, 11) is 1.78.